The second-order valence-electron chi connectivity index (χ2n) is 7.82. The average molecular weight is 359 g/mol. The van der Waals surface area contributed by atoms with E-state index in [2.05, 4.69) is 18.7 Å². The topological polar surface area (TPSA) is 66.7 Å². The van der Waals surface area contributed by atoms with Gasteiger partial charge in [0.25, 0.3) is 11.6 Å². The van der Waals surface area contributed by atoms with Crippen molar-refractivity contribution in [1.29, 1.82) is 0 Å². The zero-order valence-electron chi connectivity index (χ0n) is 15.8. The molecule has 1 aromatic carbocycles. The molecule has 1 saturated carbocycles. The van der Waals surface area contributed by atoms with Gasteiger partial charge in [0.05, 0.1) is 4.92 Å². The van der Waals surface area contributed by atoms with Crippen LogP contribution in [0.2, 0.25) is 0 Å². The Hall–Kier alpha value is -2.11. The van der Waals surface area contributed by atoms with E-state index >= 15 is 0 Å². The fraction of sp³-hybridized carbons (Fsp3) is 0.650. The maximum atomic E-state index is 12.9. The highest BCUT2D eigenvalue weighted by Crippen LogP contribution is 2.34. The Morgan fingerprint density at radius 3 is 2.54 bits per heavy atom. The van der Waals surface area contributed by atoms with E-state index in [4.69, 9.17) is 0 Å². The quantitative estimate of drug-likeness (QED) is 0.543. The molecule has 0 aromatic heterocycles. The molecule has 0 atom stereocenters. The van der Waals surface area contributed by atoms with Crippen molar-refractivity contribution >= 4 is 17.3 Å². The molecule has 0 unspecified atom stereocenters. The normalized spacial score (nSPS) is 18.0. The Bertz CT molecular complexity index is 664. The lowest BCUT2D eigenvalue weighted by molar-refractivity contribution is -0.384. The lowest BCUT2D eigenvalue weighted by atomic mass is 9.98. The molecule has 1 saturated heterocycles. The summed E-state index contributed by atoms with van der Waals surface area (Å²) in [6.07, 6.45) is 5.34. The van der Waals surface area contributed by atoms with Gasteiger partial charge in [-0.2, -0.15) is 0 Å². The summed E-state index contributed by atoms with van der Waals surface area (Å²) >= 11 is 0. The van der Waals surface area contributed by atoms with Crippen LogP contribution in [0, 0.1) is 22.0 Å². The summed E-state index contributed by atoms with van der Waals surface area (Å²) < 4.78 is 0. The molecule has 3 rings (SSSR count). The summed E-state index contributed by atoms with van der Waals surface area (Å²) in [5.74, 6) is 1.19. The SMILES string of the molecule is CCCN(CC1CC1)C(=O)c1ccc(N2CCC(C)CC2)c([N+](=O)[O-])c1. The molecule has 0 spiro atoms. The predicted octanol–water partition coefficient (Wildman–Crippen LogP) is 4.09. The summed E-state index contributed by atoms with van der Waals surface area (Å²) in [6, 6.07) is 5.01. The van der Waals surface area contributed by atoms with Crippen molar-refractivity contribution in [2.45, 2.75) is 46.0 Å². The smallest absolute Gasteiger partial charge is 0.293 e. The Balaban J connectivity index is 1.82. The first-order chi connectivity index (χ1) is 12.5. The van der Waals surface area contributed by atoms with Gasteiger partial charge in [0.1, 0.15) is 5.69 Å². The molecular weight excluding hydrogens is 330 g/mol. The van der Waals surface area contributed by atoms with Crippen LogP contribution in [0.1, 0.15) is 56.3 Å². The predicted molar refractivity (Wildman–Crippen MR) is 103 cm³/mol. The van der Waals surface area contributed by atoms with Crippen LogP contribution in [0.15, 0.2) is 18.2 Å². The number of piperidine rings is 1. The van der Waals surface area contributed by atoms with Gasteiger partial charge in [-0.1, -0.05) is 13.8 Å². The summed E-state index contributed by atoms with van der Waals surface area (Å²) in [4.78, 5) is 28.1. The maximum absolute atomic E-state index is 12.9. The average Bonchev–Trinajstić information content (AvgIpc) is 3.45. The van der Waals surface area contributed by atoms with E-state index in [1.54, 1.807) is 12.1 Å². The molecule has 26 heavy (non-hydrogen) atoms. The van der Waals surface area contributed by atoms with Crippen LogP contribution < -0.4 is 4.90 Å². The van der Waals surface area contributed by atoms with Crippen molar-refractivity contribution in [3.63, 3.8) is 0 Å². The number of hydrogen-bond acceptors (Lipinski definition) is 4. The number of benzene rings is 1. The van der Waals surface area contributed by atoms with Crippen LogP contribution >= 0.6 is 0 Å². The van der Waals surface area contributed by atoms with Crippen LogP contribution in [-0.2, 0) is 0 Å². The van der Waals surface area contributed by atoms with Crippen molar-refractivity contribution in [3.8, 4) is 0 Å². The van der Waals surface area contributed by atoms with Gasteiger partial charge in [0, 0.05) is 37.8 Å². The highest BCUT2D eigenvalue weighted by molar-refractivity contribution is 5.95. The van der Waals surface area contributed by atoms with Crippen molar-refractivity contribution in [2.75, 3.05) is 31.1 Å². The fourth-order valence-corrected chi connectivity index (χ4v) is 3.66. The molecular formula is C20H29N3O3. The summed E-state index contributed by atoms with van der Waals surface area (Å²) in [5.41, 5.74) is 1.12. The van der Waals surface area contributed by atoms with Crippen LogP contribution in [0.3, 0.4) is 0 Å². The maximum Gasteiger partial charge on any atom is 0.293 e. The molecule has 6 nitrogen and oxygen atoms in total. The third-order valence-electron chi connectivity index (χ3n) is 5.50. The molecule has 1 aliphatic heterocycles. The second-order valence-corrected chi connectivity index (χ2v) is 7.82. The van der Waals surface area contributed by atoms with Crippen molar-refractivity contribution in [2.24, 2.45) is 11.8 Å². The van der Waals surface area contributed by atoms with Crippen LogP contribution in [0.4, 0.5) is 11.4 Å². The molecule has 1 heterocycles. The van der Waals surface area contributed by atoms with E-state index in [0.717, 1.165) is 38.9 Å². The Morgan fingerprint density at radius 2 is 1.96 bits per heavy atom. The number of rotatable bonds is 7. The highest BCUT2D eigenvalue weighted by Gasteiger charge is 2.29. The molecule has 0 N–H and O–H groups in total. The van der Waals surface area contributed by atoms with E-state index in [1.165, 1.54) is 18.9 Å². The Morgan fingerprint density at radius 1 is 1.27 bits per heavy atom. The van der Waals surface area contributed by atoms with Gasteiger partial charge in [-0.25, -0.2) is 0 Å². The standard InChI is InChI=1S/C20H29N3O3/c1-3-10-22(14-16-4-5-16)20(24)17-6-7-18(19(13-17)23(25)26)21-11-8-15(2)9-12-21/h6-7,13,15-16H,3-5,8-12,14H2,1-2H3. The zero-order chi connectivity index (χ0) is 18.7. The summed E-state index contributed by atoms with van der Waals surface area (Å²) in [7, 11) is 0. The van der Waals surface area contributed by atoms with Gasteiger partial charge in [-0.3, -0.25) is 14.9 Å². The molecule has 0 radical (unpaired) electrons. The summed E-state index contributed by atoms with van der Waals surface area (Å²) in [5, 5.41) is 11.6. The monoisotopic (exact) mass is 359 g/mol. The van der Waals surface area contributed by atoms with Crippen LogP contribution in [-0.4, -0.2) is 41.9 Å². The molecule has 0 bridgehead atoms. The molecule has 1 amide bonds. The third kappa shape index (κ3) is 4.34. The van der Waals surface area contributed by atoms with Gasteiger partial charge in [0.2, 0.25) is 0 Å². The molecule has 1 aromatic rings. The number of carbonyl (C=O) groups excluding carboxylic acids is 1. The fourth-order valence-electron chi connectivity index (χ4n) is 3.66. The van der Waals surface area contributed by atoms with Gasteiger partial charge in [-0.05, 0) is 56.1 Å². The Labute approximate surface area is 155 Å². The number of anilines is 1. The zero-order valence-corrected chi connectivity index (χ0v) is 15.8. The summed E-state index contributed by atoms with van der Waals surface area (Å²) in [6.45, 7) is 7.41. The Kier molecular flexibility index (Phi) is 5.79. The number of hydrogen-bond donors (Lipinski definition) is 0. The number of carbonyl (C=O) groups is 1. The van der Waals surface area contributed by atoms with Gasteiger partial charge >= 0.3 is 0 Å². The first-order valence-electron chi connectivity index (χ1n) is 9.82. The van der Waals surface area contributed by atoms with E-state index in [9.17, 15) is 14.9 Å². The number of nitrogens with zero attached hydrogens (tertiary/aromatic N) is 3. The highest BCUT2D eigenvalue weighted by atomic mass is 16.6. The number of nitro benzene ring substituents is 1. The van der Waals surface area contributed by atoms with Crippen molar-refractivity contribution < 1.29 is 9.72 Å². The van der Waals surface area contributed by atoms with Gasteiger partial charge in [-0.15, -0.1) is 0 Å². The molecule has 6 heteroatoms. The van der Waals surface area contributed by atoms with Crippen LogP contribution in [0.5, 0.6) is 0 Å². The van der Waals surface area contributed by atoms with Crippen molar-refractivity contribution in [1.82, 2.24) is 4.90 Å². The van der Waals surface area contributed by atoms with Crippen LogP contribution in [0.25, 0.3) is 0 Å². The number of nitro groups is 1. The first-order valence-corrected chi connectivity index (χ1v) is 9.82. The van der Waals surface area contributed by atoms with E-state index in [1.807, 2.05) is 4.90 Å². The largest absolute Gasteiger partial charge is 0.366 e. The van der Waals surface area contributed by atoms with E-state index < -0.39 is 0 Å². The lowest BCUT2D eigenvalue weighted by Gasteiger charge is -2.32. The molecule has 142 valence electrons. The minimum absolute atomic E-state index is 0.0493. The van der Waals surface area contributed by atoms with Gasteiger partial charge in [0.15, 0.2) is 0 Å². The molecule has 1 aliphatic carbocycles. The second kappa shape index (κ2) is 8.06. The third-order valence-corrected chi connectivity index (χ3v) is 5.50. The lowest BCUT2D eigenvalue weighted by Crippen LogP contribution is -2.34. The van der Waals surface area contributed by atoms with Gasteiger partial charge < -0.3 is 9.80 Å². The van der Waals surface area contributed by atoms with E-state index in [0.29, 0.717) is 29.6 Å². The minimum atomic E-state index is -0.352. The minimum Gasteiger partial charge on any atom is -0.366 e. The number of amides is 1. The molecule has 2 aliphatic rings. The van der Waals surface area contributed by atoms with E-state index in [-0.39, 0.29) is 16.5 Å². The molecule has 2 fully saturated rings. The first kappa shape index (κ1) is 18.7. The van der Waals surface area contributed by atoms with Crippen molar-refractivity contribution in [3.05, 3.63) is 33.9 Å².